The minimum Gasteiger partial charge on any atom is -0.497 e. The van der Waals surface area contributed by atoms with Gasteiger partial charge in [0.05, 0.1) is 17.8 Å². The number of ether oxygens (including phenoxy) is 1. The van der Waals surface area contributed by atoms with Crippen LogP contribution < -0.4 is 10.1 Å². The Morgan fingerprint density at radius 3 is 2.75 bits per heavy atom. The largest absolute Gasteiger partial charge is 0.497 e. The molecular weight excluding hydrogens is 399 g/mol. The van der Waals surface area contributed by atoms with Crippen LogP contribution in [0.2, 0.25) is 10.0 Å². The quantitative estimate of drug-likeness (QED) is 0.442. The second-order valence-electron chi connectivity index (χ2n) is 6.01. The maximum atomic E-state index is 12.6. The third-order valence-electron chi connectivity index (χ3n) is 4.14. The van der Waals surface area contributed by atoms with Gasteiger partial charge in [-0.3, -0.25) is 4.79 Å². The number of aromatic nitrogens is 1. The van der Waals surface area contributed by atoms with Crippen LogP contribution in [0.1, 0.15) is 10.4 Å². The molecule has 3 aromatic carbocycles. The first-order chi connectivity index (χ1) is 13.5. The van der Waals surface area contributed by atoms with E-state index in [9.17, 15) is 4.79 Å². The van der Waals surface area contributed by atoms with Gasteiger partial charge in [-0.1, -0.05) is 29.3 Å². The number of carbonyl (C=O) groups is 1. The van der Waals surface area contributed by atoms with Gasteiger partial charge >= 0.3 is 0 Å². The Morgan fingerprint density at radius 2 is 1.93 bits per heavy atom. The topological polar surface area (TPSA) is 64.4 Å². The maximum Gasteiger partial charge on any atom is 0.255 e. The van der Waals surface area contributed by atoms with Crippen molar-refractivity contribution in [3.05, 3.63) is 76.3 Å². The molecule has 0 radical (unpaired) electrons. The molecule has 28 heavy (non-hydrogen) atoms. The maximum absolute atomic E-state index is 12.6. The van der Waals surface area contributed by atoms with Gasteiger partial charge in [-0.05, 0) is 54.6 Å². The molecule has 4 aromatic rings. The minimum absolute atomic E-state index is 0.303. The van der Waals surface area contributed by atoms with Gasteiger partial charge in [-0.15, -0.1) is 0 Å². The SMILES string of the molecule is COc1cccc(C(=O)Nc2cc(-c3nc4cc(Cl)ccc4o3)ccc2Cl)c1. The van der Waals surface area contributed by atoms with Crippen LogP contribution in [0.25, 0.3) is 22.6 Å². The predicted octanol–water partition coefficient (Wildman–Crippen LogP) is 6.06. The standard InChI is InChI=1S/C21H14Cl2N2O3/c1-27-15-4-2-3-12(9-15)20(26)24-17-10-13(5-7-16(17)23)21-25-18-11-14(22)6-8-19(18)28-21/h2-11H,1H3,(H,24,26). The van der Waals surface area contributed by atoms with Crippen LogP contribution in [0.3, 0.4) is 0 Å². The highest BCUT2D eigenvalue weighted by atomic mass is 35.5. The number of oxazole rings is 1. The fourth-order valence-electron chi connectivity index (χ4n) is 2.74. The van der Waals surface area contributed by atoms with Crippen molar-refractivity contribution in [2.24, 2.45) is 0 Å². The number of hydrogen-bond donors (Lipinski definition) is 1. The molecule has 0 aliphatic carbocycles. The van der Waals surface area contributed by atoms with Gasteiger partial charge in [0.25, 0.3) is 5.91 Å². The normalized spacial score (nSPS) is 10.8. The molecule has 0 saturated heterocycles. The van der Waals surface area contributed by atoms with Gasteiger partial charge in [0.1, 0.15) is 11.3 Å². The number of methoxy groups -OCH3 is 1. The zero-order valence-corrected chi connectivity index (χ0v) is 16.2. The lowest BCUT2D eigenvalue weighted by Gasteiger charge is -2.09. The molecule has 7 heteroatoms. The summed E-state index contributed by atoms with van der Waals surface area (Å²) in [4.78, 5) is 17.0. The zero-order chi connectivity index (χ0) is 19.7. The van der Waals surface area contributed by atoms with Gasteiger partial charge in [0.2, 0.25) is 5.89 Å². The lowest BCUT2D eigenvalue weighted by atomic mass is 10.1. The average Bonchev–Trinajstić information content (AvgIpc) is 3.12. The van der Waals surface area contributed by atoms with Crippen molar-refractivity contribution in [1.82, 2.24) is 4.98 Å². The fraction of sp³-hybridized carbons (Fsp3) is 0.0476. The summed E-state index contributed by atoms with van der Waals surface area (Å²) in [7, 11) is 1.55. The molecule has 0 atom stereocenters. The zero-order valence-electron chi connectivity index (χ0n) is 14.7. The first-order valence-electron chi connectivity index (χ1n) is 8.35. The van der Waals surface area contributed by atoms with Crippen molar-refractivity contribution in [2.75, 3.05) is 12.4 Å². The number of amides is 1. The summed E-state index contributed by atoms with van der Waals surface area (Å²) >= 11 is 12.3. The second-order valence-corrected chi connectivity index (χ2v) is 6.86. The molecule has 0 saturated carbocycles. The molecule has 0 fully saturated rings. The van der Waals surface area contributed by atoms with Gasteiger partial charge in [0.15, 0.2) is 5.58 Å². The van der Waals surface area contributed by atoms with Crippen molar-refractivity contribution in [3.63, 3.8) is 0 Å². The summed E-state index contributed by atoms with van der Waals surface area (Å²) in [5.41, 5.74) is 2.86. The van der Waals surface area contributed by atoms with Crippen molar-refractivity contribution in [1.29, 1.82) is 0 Å². The Labute approximate surface area is 170 Å². The third kappa shape index (κ3) is 3.67. The molecule has 1 heterocycles. The van der Waals surface area contributed by atoms with E-state index >= 15 is 0 Å². The van der Waals surface area contributed by atoms with Crippen molar-refractivity contribution >= 4 is 45.9 Å². The van der Waals surface area contributed by atoms with E-state index in [-0.39, 0.29) is 5.91 Å². The van der Waals surface area contributed by atoms with Gasteiger partial charge in [-0.2, -0.15) is 0 Å². The molecule has 0 bridgehead atoms. The van der Waals surface area contributed by atoms with E-state index in [1.54, 1.807) is 67.8 Å². The van der Waals surface area contributed by atoms with Crippen LogP contribution in [0.5, 0.6) is 5.75 Å². The van der Waals surface area contributed by atoms with E-state index in [1.807, 2.05) is 0 Å². The third-order valence-corrected chi connectivity index (χ3v) is 4.71. The van der Waals surface area contributed by atoms with Gasteiger partial charge in [0, 0.05) is 16.1 Å². The molecule has 0 aliphatic heterocycles. The minimum atomic E-state index is -0.303. The van der Waals surface area contributed by atoms with Crippen LogP contribution in [0.4, 0.5) is 5.69 Å². The molecule has 4 rings (SSSR count). The highest BCUT2D eigenvalue weighted by Crippen LogP contribution is 2.31. The summed E-state index contributed by atoms with van der Waals surface area (Å²) in [6.07, 6.45) is 0. The van der Waals surface area contributed by atoms with Crippen LogP contribution in [-0.2, 0) is 0 Å². The first-order valence-corrected chi connectivity index (χ1v) is 9.10. The Bertz CT molecular complexity index is 1190. The number of hydrogen-bond acceptors (Lipinski definition) is 4. The number of nitrogens with one attached hydrogen (secondary N) is 1. The fourth-order valence-corrected chi connectivity index (χ4v) is 3.07. The number of carbonyl (C=O) groups excluding carboxylic acids is 1. The number of fused-ring (bicyclic) bond motifs is 1. The molecule has 0 aliphatic rings. The van der Waals surface area contributed by atoms with Crippen molar-refractivity contribution in [3.8, 4) is 17.2 Å². The summed E-state index contributed by atoms with van der Waals surface area (Å²) in [5, 5.41) is 3.79. The summed E-state index contributed by atoms with van der Waals surface area (Å²) in [5.74, 6) is 0.700. The molecule has 1 N–H and O–H groups in total. The Balaban J connectivity index is 1.65. The number of anilines is 1. The Morgan fingerprint density at radius 1 is 1.07 bits per heavy atom. The predicted molar refractivity (Wildman–Crippen MR) is 110 cm³/mol. The van der Waals surface area contributed by atoms with E-state index < -0.39 is 0 Å². The molecule has 5 nitrogen and oxygen atoms in total. The highest BCUT2D eigenvalue weighted by Gasteiger charge is 2.14. The van der Waals surface area contributed by atoms with Crippen LogP contribution in [0, 0.1) is 0 Å². The smallest absolute Gasteiger partial charge is 0.255 e. The molecule has 0 spiro atoms. The van der Waals surface area contributed by atoms with Crippen LogP contribution >= 0.6 is 23.2 Å². The van der Waals surface area contributed by atoms with Crippen molar-refractivity contribution < 1.29 is 13.9 Å². The highest BCUT2D eigenvalue weighted by molar-refractivity contribution is 6.34. The molecule has 140 valence electrons. The molecular formula is C21H14Cl2N2O3. The first kappa shape index (κ1) is 18.3. The summed E-state index contributed by atoms with van der Waals surface area (Å²) in [6.45, 7) is 0. The Hall–Kier alpha value is -3.02. The number of halogens is 2. The van der Waals surface area contributed by atoms with Crippen LogP contribution in [-0.4, -0.2) is 18.0 Å². The molecule has 1 aromatic heterocycles. The second kappa shape index (κ2) is 7.54. The van der Waals surface area contributed by atoms with E-state index in [2.05, 4.69) is 10.3 Å². The van der Waals surface area contributed by atoms with E-state index in [0.717, 1.165) is 0 Å². The van der Waals surface area contributed by atoms with Crippen LogP contribution in [0.15, 0.2) is 65.1 Å². The number of nitrogens with zero attached hydrogens (tertiary/aromatic N) is 1. The summed E-state index contributed by atoms with van der Waals surface area (Å²) in [6, 6.07) is 17.3. The van der Waals surface area contributed by atoms with E-state index in [1.165, 1.54) is 0 Å². The Kier molecular flexibility index (Phi) is 4.94. The molecule has 1 amide bonds. The average molecular weight is 413 g/mol. The lowest BCUT2D eigenvalue weighted by Crippen LogP contribution is -2.12. The van der Waals surface area contributed by atoms with Crippen molar-refractivity contribution in [2.45, 2.75) is 0 Å². The number of rotatable bonds is 4. The molecule has 0 unspecified atom stereocenters. The van der Waals surface area contributed by atoms with E-state index in [0.29, 0.717) is 49.6 Å². The van der Waals surface area contributed by atoms with Gasteiger partial charge in [-0.25, -0.2) is 4.98 Å². The monoisotopic (exact) mass is 412 g/mol. The van der Waals surface area contributed by atoms with E-state index in [4.69, 9.17) is 32.4 Å². The van der Waals surface area contributed by atoms with Gasteiger partial charge < -0.3 is 14.5 Å². The lowest BCUT2D eigenvalue weighted by molar-refractivity contribution is 0.102. The number of benzene rings is 3. The summed E-state index contributed by atoms with van der Waals surface area (Å²) < 4.78 is 10.9.